The van der Waals surface area contributed by atoms with Crippen LogP contribution in [0.1, 0.15) is 11.1 Å². The van der Waals surface area contributed by atoms with Gasteiger partial charge >= 0.3 is 6.18 Å². The minimum Gasteiger partial charge on any atom is -0.506 e. The van der Waals surface area contributed by atoms with Crippen molar-refractivity contribution in [2.75, 3.05) is 0 Å². The summed E-state index contributed by atoms with van der Waals surface area (Å²) >= 11 is 0. The molecule has 0 aliphatic carbocycles. The predicted molar refractivity (Wildman–Crippen MR) is 53.1 cm³/mol. The summed E-state index contributed by atoms with van der Waals surface area (Å²) in [7, 11) is 0. The van der Waals surface area contributed by atoms with E-state index < -0.39 is 17.5 Å². The molecule has 0 spiro atoms. The average Bonchev–Trinajstić information content (AvgIpc) is 2.18. The molecule has 16 heavy (non-hydrogen) atoms. The van der Waals surface area contributed by atoms with E-state index in [1.165, 1.54) is 6.20 Å². The number of nitrogens with zero attached hydrogens (tertiary/aromatic N) is 1. The monoisotopic (exact) mass is 227 g/mol. The minimum atomic E-state index is -4.46. The number of fused-ring (bicyclic) bond motifs is 1. The standard InChI is InChI=1S/C11H8F3NO/c1-6-2-3-15-10-8(6)4-7(5-9(10)16)11(12,13)14/h2-5,16H,1H3. The van der Waals surface area contributed by atoms with Crippen molar-refractivity contribution in [3.05, 3.63) is 35.5 Å². The molecule has 0 atom stereocenters. The zero-order valence-electron chi connectivity index (χ0n) is 8.34. The van der Waals surface area contributed by atoms with Crippen molar-refractivity contribution in [3.8, 4) is 5.75 Å². The predicted octanol–water partition coefficient (Wildman–Crippen LogP) is 3.27. The summed E-state index contributed by atoms with van der Waals surface area (Å²) in [5.74, 6) is -0.450. The summed E-state index contributed by atoms with van der Waals surface area (Å²) in [4.78, 5) is 3.85. The molecule has 5 heteroatoms. The number of pyridine rings is 1. The van der Waals surface area contributed by atoms with E-state index >= 15 is 0 Å². The second-order valence-electron chi connectivity index (χ2n) is 3.52. The third-order valence-corrected chi connectivity index (χ3v) is 2.37. The van der Waals surface area contributed by atoms with Gasteiger partial charge in [0.1, 0.15) is 11.3 Å². The van der Waals surface area contributed by atoms with E-state index in [0.29, 0.717) is 17.0 Å². The van der Waals surface area contributed by atoms with Gasteiger partial charge in [0.2, 0.25) is 0 Å². The molecular weight excluding hydrogens is 219 g/mol. The minimum absolute atomic E-state index is 0.188. The number of alkyl halides is 3. The number of aromatic nitrogens is 1. The fourth-order valence-corrected chi connectivity index (χ4v) is 1.53. The van der Waals surface area contributed by atoms with Gasteiger partial charge in [0.15, 0.2) is 0 Å². The van der Waals surface area contributed by atoms with Crippen molar-refractivity contribution in [2.45, 2.75) is 13.1 Å². The molecule has 0 saturated heterocycles. The molecule has 1 heterocycles. The van der Waals surface area contributed by atoms with Crippen LogP contribution in [-0.4, -0.2) is 10.1 Å². The van der Waals surface area contributed by atoms with Crippen LogP contribution in [0.2, 0.25) is 0 Å². The highest BCUT2D eigenvalue weighted by Gasteiger charge is 2.31. The van der Waals surface area contributed by atoms with Gasteiger partial charge in [-0.2, -0.15) is 13.2 Å². The van der Waals surface area contributed by atoms with Gasteiger partial charge in [0.25, 0.3) is 0 Å². The largest absolute Gasteiger partial charge is 0.506 e. The quantitative estimate of drug-likeness (QED) is 0.749. The molecule has 0 unspecified atom stereocenters. The van der Waals surface area contributed by atoms with Crippen molar-refractivity contribution >= 4 is 10.9 Å². The second-order valence-corrected chi connectivity index (χ2v) is 3.52. The molecule has 0 radical (unpaired) electrons. The Hall–Kier alpha value is -1.78. The van der Waals surface area contributed by atoms with Gasteiger partial charge < -0.3 is 5.11 Å². The molecule has 0 amide bonds. The highest BCUT2D eigenvalue weighted by Crippen LogP contribution is 2.35. The summed E-state index contributed by atoms with van der Waals surface area (Å²) in [6, 6.07) is 3.29. The van der Waals surface area contributed by atoms with E-state index in [1.807, 2.05) is 0 Å². The van der Waals surface area contributed by atoms with Crippen molar-refractivity contribution in [2.24, 2.45) is 0 Å². The molecular formula is C11H8F3NO. The van der Waals surface area contributed by atoms with Crippen molar-refractivity contribution in [1.82, 2.24) is 4.98 Å². The molecule has 1 N–H and O–H groups in total. The van der Waals surface area contributed by atoms with Crippen molar-refractivity contribution in [3.63, 3.8) is 0 Å². The number of halogens is 3. The van der Waals surface area contributed by atoms with E-state index in [-0.39, 0.29) is 5.52 Å². The first-order valence-corrected chi connectivity index (χ1v) is 4.55. The van der Waals surface area contributed by atoms with E-state index in [1.54, 1.807) is 13.0 Å². The Labute approximate surface area is 89.4 Å². The van der Waals surface area contributed by atoms with E-state index in [0.717, 1.165) is 6.07 Å². The Morgan fingerprint density at radius 2 is 1.94 bits per heavy atom. The van der Waals surface area contributed by atoms with Gasteiger partial charge in [-0.1, -0.05) is 0 Å². The summed E-state index contributed by atoms with van der Waals surface area (Å²) in [6.45, 7) is 1.67. The molecule has 84 valence electrons. The van der Waals surface area contributed by atoms with Crippen LogP contribution in [0.4, 0.5) is 13.2 Å². The third-order valence-electron chi connectivity index (χ3n) is 2.37. The first kappa shape index (κ1) is 10.7. The number of benzene rings is 1. The number of phenolic OH excluding ortho intramolecular Hbond substituents is 1. The fraction of sp³-hybridized carbons (Fsp3) is 0.182. The highest BCUT2D eigenvalue weighted by atomic mass is 19.4. The van der Waals surface area contributed by atoms with Crippen molar-refractivity contribution < 1.29 is 18.3 Å². The lowest BCUT2D eigenvalue weighted by molar-refractivity contribution is -0.137. The number of hydrogen-bond donors (Lipinski definition) is 1. The van der Waals surface area contributed by atoms with Gasteiger partial charge in [0, 0.05) is 11.6 Å². The summed E-state index contributed by atoms with van der Waals surface area (Å²) in [6.07, 6.45) is -3.02. The summed E-state index contributed by atoms with van der Waals surface area (Å²) in [5, 5.41) is 9.79. The van der Waals surface area contributed by atoms with E-state index in [4.69, 9.17) is 0 Å². The molecule has 0 bridgehead atoms. The zero-order valence-corrected chi connectivity index (χ0v) is 8.34. The number of aryl methyl sites for hydroxylation is 1. The Morgan fingerprint density at radius 1 is 1.25 bits per heavy atom. The number of phenols is 1. The Bertz CT molecular complexity index is 549. The fourth-order valence-electron chi connectivity index (χ4n) is 1.53. The van der Waals surface area contributed by atoms with Gasteiger partial charge in [-0.05, 0) is 30.7 Å². The van der Waals surface area contributed by atoms with Gasteiger partial charge in [-0.3, -0.25) is 4.98 Å². The van der Waals surface area contributed by atoms with E-state index in [9.17, 15) is 18.3 Å². The van der Waals surface area contributed by atoms with Crippen LogP contribution in [0.15, 0.2) is 24.4 Å². The van der Waals surface area contributed by atoms with Crippen LogP contribution in [0.5, 0.6) is 5.75 Å². The summed E-state index contributed by atoms with van der Waals surface area (Å²) in [5.41, 5.74) is -0.0343. The molecule has 0 aliphatic heterocycles. The van der Waals surface area contributed by atoms with Gasteiger partial charge in [0.05, 0.1) is 5.56 Å². The highest BCUT2D eigenvalue weighted by molar-refractivity contribution is 5.87. The lowest BCUT2D eigenvalue weighted by Gasteiger charge is -2.10. The average molecular weight is 227 g/mol. The zero-order chi connectivity index (χ0) is 11.9. The third kappa shape index (κ3) is 1.68. The number of hydrogen-bond acceptors (Lipinski definition) is 2. The SMILES string of the molecule is Cc1ccnc2c(O)cc(C(F)(F)F)cc12. The smallest absolute Gasteiger partial charge is 0.416 e. The first-order valence-electron chi connectivity index (χ1n) is 4.55. The Balaban J connectivity index is 2.81. The Morgan fingerprint density at radius 3 is 2.56 bits per heavy atom. The van der Waals surface area contributed by atoms with Crippen LogP contribution >= 0.6 is 0 Å². The van der Waals surface area contributed by atoms with Gasteiger partial charge in [-0.15, -0.1) is 0 Å². The lowest BCUT2D eigenvalue weighted by Crippen LogP contribution is -2.04. The van der Waals surface area contributed by atoms with Crippen LogP contribution in [0.25, 0.3) is 10.9 Å². The maximum absolute atomic E-state index is 12.5. The maximum atomic E-state index is 12.5. The Kier molecular flexibility index (Phi) is 2.26. The van der Waals surface area contributed by atoms with Crippen LogP contribution in [0, 0.1) is 6.92 Å². The molecule has 1 aromatic heterocycles. The number of aromatic hydroxyl groups is 1. The molecule has 2 rings (SSSR count). The molecule has 0 saturated carbocycles. The molecule has 0 aliphatic rings. The maximum Gasteiger partial charge on any atom is 0.416 e. The summed E-state index contributed by atoms with van der Waals surface area (Å²) < 4.78 is 37.5. The van der Waals surface area contributed by atoms with Gasteiger partial charge in [-0.25, -0.2) is 0 Å². The topological polar surface area (TPSA) is 33.1 Å². The first-order chi connectivity index (χ1) is 7.39. The molecule has 1 aromatic carbocycles. The van der Waals surface area contributed by atoms with E-state index in [2.05, 4.69) is 4.98 Å². The molecule has 2 aromatic rings. The second kappa shape index (κ2) is 3.37. The molecule has 2 nitrogen and oxygen atoms in total. The normalized spacial score (nSPS) is 12.0. The van der Waals surface area contributed by atoms with Crippen molar-refractivity contribution in [1.29, 1.82) is 0 Å². The number of rotatable bonds is 0. The van der Waals surface area contributed by atoms with Crippen LogP contribution in [0.3, 0.4) is 0 Å². The molecule has 0 fully saturated rings. The van der Waals surface area contributed by atoms with Crippen LogP contribution < -0.4 is 0 Å². The lowest BCUT2D eigenvalue weighted by atomic mass is 10.1. The van der Waals surface area contributed by atoms with Crippen LogP contribution in [-0.2, 0) is 6.18 Å².